The molecule has 0 aliphatic carbocycles. The van der Waals surface area contributed by atoms with Crippen LogP contribution in [0.1, 0.15) is 53.8 Å². The minimum Gasteiger partial charge on any atom is -0.493 e. The molecule has 3 aromatic rings. The van der Waals surface area contributed by atoms with Crippen LogP contribution in [0.25, 0.3) is 10.9 Å². The van der Waals surface area contributed by atoms with Gasteiger partial charge in [0, 0.05) is 35.4 Å². The summed E-state index contributed by atoms with van der Waals surface area (Å²) in [5.41, 5.74) is 5.72. The number of benzene rings is 1. The van der Waals surface area contributed by atoms with Gasteiger partial charge in [0.15, 0.2) is 17.0 Å². The van der Waals surface area contributed by atoms with E-state index in [9.17, 15) is 18.4 Å². The van der Waals surface area contributed by atoms with Crippen molar-refractivity contribution in [1.82, 2.24) is 9.97 Å². The molecular weight excluding hydrogens is 420 g/mol. The third-order valence-corrected chi connectivity index (χ3v) is 5.93. The first-order chi connectivity index (χ1) is 15.1. The summed E-state index contributed by atoms with van der Waals surface area (Å²) in [5, 5.41) is 0.0998. The van der Waals surface area contributed by atoms with Gasteiger partial charge >= 0.3 is 0 Å². The number of hydrogen-bond acceptors (Lipinski definition) is 5. The third kappa shape index (κ3) is 3.73. The van der Waals surface area contributed by atoms with Crippen LogP contribution in [-0.2, 0) is 4.74 Å². The van der Waals surface area contributed by atoms with Gasteiger partial charge in [0.25, 0.3) is 5.91 Å². The maximum Gasteiger partial charge on any atom is 0.268 e. The molecule has 0 bridgehead atoms. The molecule has 0 spiro atoms. The van der Waals surface area contributed by atoms with Crippen molar-refractivity contribution in [2.24, 2.45) is 5.73 Å². The van der Waals surface area contributed by atoms with E-state index in [1.54, 1.807) is 6.07 Å². The number of hydrogen-bond donors (Lipinski definition) is 2. The van der Waals surface area contributed by atoms with Crippen molar-refractivity contribution in [3.63, 3.8) is 0 Å². The Kier molecular flexibility index (Phi) is 5.46. The van der Waals surface area contributed by atoms with E-state index in [0.717, 1.165) is 6.07 Å². The Balaban J connectivity index is 1.89. The van der Waals surface area contributed by atoms with E-state index < -0.39 is 28.6 Å². The number of aromatic nitrogens is 2. The van der Waals surface area contributed by atoms with E-state index >= 15 is 0 Å². The number of rotatable bonds is 4. The third-order valence-electron chi connectivity index (χ3n) is 5.93. The highest BCUT2D eigenvalue weighted by Gasteiger charge is 2.40. The summed E-state index contributed by atoms with van der Waals surface area (Å²) in [6.45, 7) is 4.06. The van der Waals surface area contributed by atoms with Gasteiger partial charge in [-0.3, -0.25) is 14.6 Å². The molecule has 1 amide bonds. The highest BCUT2D eigenvalue weighted by Crippen LogP contribution is 2.47. The standard InChI is InChI=1S/C23H23F2N3O4/c1-23(2)9-12(11-4-5-14(24)19(25)21(11)31-3)13(10-32-23)16-8-17(29)18-15(28-16)6-7-27-20(18)22(26)30/h4-8,12-13H,9-10H2,1-3H3,(H2,26,30)(H,28,29)/t12-,13+/m0/s1. The number of amides is 1. The Morgan fingerprint density at radius 3 is 2.72 bits per heavy atom. The maximum atomic E-state index is 14.5. The molecule has 0 saturated carbocycles. The Morgan fingerprint density at radius 2 is 2.03 bits per heavy atom. The van der Waals surface area contributed by atoms with Crippen LogP contribution < -0.4 is 15.9 Å². The van der Waals surface area contributed by atoms with Crippen molar-refractivity contribution < 1.29 is 23.0 Å². The fourth-order valence-electron chi connectivity index (χ4n) is 4.45. The van der Waals surface area contributed by atoms with Gasteiger partial charge in [0.2, 0.25) is 5.82 Å². The first-order valence-corrected chi connectivity index (χ1v) is 10.1. The van der Waals surface area contributed by atoms with Crippen LogP contribution in [0.5, 0.6) is 5.75 Å². The number of halogens is 2. The van der Waals surface area contributed by atoms with E-state index in [0.29, 0.717) is 23.2 Å². The number of methoxy groups -OCH3 is 1. The second-order valence-electron chi connectivity index (χ2n) is 8.51. The lowest BCUT2D eigenvalue weighted by Crippen LogP contribution is -2.38. The first kappa shape index (κ1) is 21.9. The molecule has 0 unspecified atom stereocenters. The summed E-state index contributed by atoms with van der Waals surface area (Å²) in [5.74, 6) is -3.75. The number of nitrogens with two attached hydrogens (primary N) is 1. The molecule has 0 radical (unpaired) electrons. The normalized spacial score (nSPS) is 20.3. The summed E-state index contributed by atoms with van der Waals surface area (Å²) in [7, 11) is 1.29. The number of pyridine rings is 2. The zero-order valence-electron chi connectivity index (χ0n) is 17.9. The molecule has 1 aromatic carbocycles. The minimum atomic E-state index is -1.06. The fourth-order valence-corrected chi connectivity index (χ4v) is 4.45. The van der Waals surface area contributed by atoms with Gasteiger partial charge in [-0.2, -0.15) is 4.39 Å². The Bertz CT molecular complexity index is 1270. The molecule has 7 nitrogen and oxygen atoms in total. The highest BCUT2D eigenvalue weighted by atomic mass is 19.2. The van der Waals surface area contributed by atoms with Crippen LogP contribution >= 0.6 is 0 Å². The molecule has 1 fully saturated rings. The monoisotopic (exact) mass is 443 g/mol. The van der Waals surface area contributed by atoms with E-state index in [1.165, 1.54) is 25.4 Å². The number of primary amides is 1. The van der Waals surface area contributed by atoms with E-state index in [-0.39, 0.29) is 35.3 Å². The lowest BCUT2D eigenvalue weighted by Gasteiger charge is -2.41. The van der Waals surface area contributed by atoms with Crippen molar-refractivity contribution in [2.45, 2.75) is 37.7 Å². The number of carbonyl (C=O) groups excluding carboxylic acids is 1. The van der Waals surface area contributed by atoms with Crippen molar-refractivity contribution in [1.29, 1.82) is 0 Å². The van der Waals surface area contributed by atoms with Crippen molar-refractivity contribution in [3.05, 3.63) is 69.3 Å². The molecule has 4 rings (SSSR count). The average molecular weight is 443 g/mol. The number of carbonyl (C=O) groups is 1. The molecule has 2 aromatic heterocycles. The molecule has 2 atom stereocenters. The lowest BCUT2D eigenvalue weighted by atomic mass is 9.75. The first-order valence-electron chi connectivity index (χ1n) is 10.1. The Morgan fingerprint density at radius 1 is 1.28 bits per heavy atom. The van der Waals surface area contributed by atoms with Gasteiger partial charge < -0.3 is 20.2 Å². The minimum absolute atomic E-state index is 0.0998. The van der Waals surface area contributed by atoms with Crippen LogP contribution in [0.15, 0.2) is 35.3 Å². The second-order valence-corrected chi connectivity index (χ2v) is 8.51. The quantitative estimate of drug-likeness (QED) is 0.643. The Hall–Kier alpha value is -3.33. The highest BCUT2D eigenvalue weighted by molar-refractivity contribution is 6.03. The summed E-state index contributed by atoms with van der Waals surface area (Å²) < 4.78 is 39.6. The number of nitrogens with one attached hydrogen (secondary N) is 1. The molecule has 9 heteroatoms. The van der Waals surface area contributed by atoms with Crippen LogP contribution in [0.4, 0.5) is 8.78 Å². The number of fused-ring (bicyclic) bond motifs is 1. The van der Waals surface area contributed by atoms with Crippen LogP contribution in [0.3, 0.4) is 0 Å². The smallest absolute Gasteiger partial charge is 0.268 e. The average Bonchev–Trinajstić information content (AvgIpc) is 2.74. The van der Waals surface area contributed by atoms with Gasteiger partial charge in [-0.05, 0) is 32.4 Å². The van der Waals surface area contributed by atoms with Gasteiger partial charge in [0.1, 0.15) is 5.69 Å². The van der Waals surface area contributed by atoms with Gasteiger partial charge in [-0.1, -0.05) is 6.07 Å². The van der Waals surface area contributed by atoms with Crippen molar-refractivity contribution >= 4 is 16.8 Å². The van der Waals surface area contributed by atoms with E-state index in [1.807, 2.05) is 13.8 Å². The second kappa shape index (κ2) is 7.98. The SMILES string of the molecule is COc1c([C@@H]2CC(C)(C)OC[C@H]2c2cc(=O)c3c(C(N)=O)nccc3[nH]2)ccc(F)c1F. The van der Waals surface area contributed by atoms with Crippen molar-refractivity contribution in [2.75, 3.05) is 13.7 Å². The molecule has 168 valence electrons. The van der Waals surface area contributed by atoms with Crippen LogP contribution in [0.2, 0.25) is 0 Å². The zero-order chi connectivity index (χ0) is 23.2. The maximum absolute atomic E-state index is 14.5. The summed E-state index contributed by atoms with van der Waals surface area (Å²) in [6.07, 6.45) is 1.86. The molecule has 1 aliphatic rings. The summed E-state index contributed by atoms with van der Waals surface area (Å²) in [4.78, 5) is 31.7. The molecule has 32 heavy (non-hydrogen) atoms. The zero-order valence-corrected chi connectivity index (χ0v) is 17.9. The van der Waals surface area contributed by atoms with Gasteiger partial charge in [-0.25, -0.2) is 4.39 Å². The molecule has 1 aliphatic heterocycles. The summed E-state index contributed by atoms with van der Waals surface area (Å²) in [6, 6.07) is 5.53. The largest absolute Gasteiger partial charge is 0.493 e. The number of aromatic amines is 1. The Labute approximate surface area is 182 Å². The van der Waals surface area contributed by atoms with Gasteiger partial charge in [0.05, 0.1) is 30.2 Å². The van der Waals surface area contributed by atoms with Gasteiger partial charge in [-0.15, -0.1) is 0 Å². The molecular formula is C23H23F2N3O4. The lowest BCUT2D eigenvalue weighted by molar-refractivity contribution is -0.0707. The topological polar surface area (TPSA) is 107 Å². The molecule has 1 saturated heterocycles. The predicted molar refractivity (Wildman–Crippen MR) is 114 cm³/mol. The molecule has 3 heterocycles. The molecule has 3 N–H and O–H groups in total. The van der Waals surface area contributed by atoms with Crippen molar-refractivity contribution in [3.8, 4) is 5.75 Å². The van der Waals surface area contributed by atoms with Crippen LogP contribution in [0, 0.1) is 11.6 Å². The number of H-pyrrole nitrogens is 1. The fraction of sp³-hybridized carbons (Fsp3) is 0.348. The van der Waals surface area contributed by atoms with E-state index in [4.69, 9.17) is 15.2 Å². The number of nitrogens with zero attached hydrogens (tertiary/aromatic N) is 1. The summed E-state index contributed by atoms with van der Waals surface area (Å²) >= 11 is 0. The van der Waals surface area contributed by atoms with E-state index in [2.05, 4.69) is 9.97 Å². The van der Waals surface area contributed by atoms with Crippen LogP contribution in [-0.4, -0.2) is 35.2 Å². The predicted octanol–water partition coefficient (Wildman–Crippen LogP) is 3.38. The number of ether oxygens (including phenoxy) is 2.